The number of fused-ring (bicyclic) bond motifs is 1. The number of halogens is 2. The summed E-state index contributed by atoms with van der Waals surface area (Å²) in [6.07, 6.45) is 1.95. The molecule has 0 aliphatic heterocycles. The average Bonchev–Trinajstić information content (AvgIpc) is 3.47. The Morgan fingerprint density at radius 3 is 2.47 bits per heavy atom. The number of alkyl halides is 2. The van der Waals surface area contributed by atoms with E-state index in [1.807, 2.05) is 6.92 Å². The number of anilines is 1. The Labute approximate surface area is 192 Å². The van der Waals surface area contributed by atoms with Gasteiger partial charge in [-0.25, -0.2) is 26.6 Å². The van der Waals surface area contributed by atoms with Gasteiger partial charge in [0.15, 0.2) is 0 Å². The van der Waals surface area contributed by atoms with Crippen LogP contribution in [0.15, 0.2) is 41.7 Å². The van der Waals surface area contributed by atoms with Gasteiger partial charge >= 0.3 is 0 Å². The summed E-state index contributed by atoms with van der Waals surface area (Å²) in [4.78, 5) is 10.8. The monoisotopic (exact) mass is 494 g/mol. The minimum absolute atomic E-state index is 0.0598. The predicted octanol–water partition coefficient (Wildman–Crippen LogP) is 2.91. The molecule has 4 aromatic rings. The van der Waals surface area contributed by atoms with E-state index in [1.165, 1.54) is 20.4 Å². The molecule has 0 fully saturated rings. The van der Waals surface area contributed by atoms with Gasteiger partial charge in [0.2, 0.25) is 11.7 Å². The number of sulfonamides is 1. The van der Waals surface area contributed by atoms with Crippen LogP contribution < -0.4 is 18.9 Å². The fourth-order valence-electron chi connectivity index (χ4n) is 3.36. The normalized spacial score (nSPS) is 11.7. The number of benzene rings is 1. The van der Waals surface area contributed by atoms with E-state index in [4.69, 9.17) is 14.2 Å². The number of rotatable bonds is 9. The molecule has 14 heteroatoms. The topological polar surface area (TPSA) is 133 Å². The fraction of sp³-hybridized carbons (Fsp3) is 0.250. The van der Waals surface area contributed by atoms with E-state index >= 15 is 0 Å². The second-order valence-corrected chi connectivity index (χ2v) is 8.61. The molecule has 0 saturated carbocycles. The Morgan fingerprint density at radius 2 is 1.88 bits per heavy atom. The van der Waals surface area contributed by atoms with Crippen LogP contribution in [0.3, 0.4) is 0 Å². The molecule has 0 spiro atoms. The van der Waals surface area contributed by atoms with E-state index in [0.717, 1.165) is 5.56 Å². The quantitative estimate of drug-likeness (QED) is 0.363. The van der Waals surface area contributed by atoms with Crippen LogP contribution >= 0.6 is 0 Å². The van der Waals surface area contributed by atoms with Crippen molar-refractivity contribution in [3.8, 4) is 23.2 Å². The first-order chi connectivity index (χ1) is 16.2. The van der Waals surface area contributed by atoms with Crippen molar-refractivity contribution < 1.29 is 31.4 Å². The van der Waals surface area contributed by atoms with Crippen LogP contribution in [0.5, 0.6) is 17.5 Å². The number of nitrogens with zero attached hydrogens (tertiary/aromatic N) is 4. The van der Waals surface area contributed by atoms with Crippen molar-refractivity contribution in [1.82, 2.24) is 24.7 Å². The molecule has 0 aliphatic rings. The number of H-pyrrole nitrogens is 1. The second-order valence-electron chi connectivity index (χ2n) is 6.96. The van der Waals surface area contributed by atoms with E-state index in [2.05, 4.69) is 24.8 Å². The SMILES string of the molecule is COc1nc(NS(=O)(=O)c2c[nH]c3c(-n4cccn4)c(C)ccc23)nc(OC)c1OCC(F)F. The lowest BCUT2D eigenvalue weighted by Gasteiger charge is -2.14. The van der Waals surface area contributed by atoms with Gasteiger partial charge in [-0.2, -0.15) is 15.1 Å². The molecule has 11 nitrogen and oxygen atoms in total. The summed E-state index contributed by atoms with van der Waals surface area (Å²) >= 11 is 0. The first kappa shape index (κ1) is 23.2. The van der Waals surface area contributed by atoms with Crippen molar-refractivity contribution >= 4 is 26.9 Å². The Hall–Kier alpha value is -3.94. The first-order valence-corrected chi connectivity index (χ1v) is 11.3. The summed E-state index contributed by atoms with van der Waals surface area (Å²) in [7, 11) is -1.76. The van der Waals surface area contributed by atoms with Crippen molar-refractivity contribution in [2.75, 3.05) is 25.5 Å². The van der Waals surface area contributed by atoms with Gasteiger partial charge in [-0.15, -0.1) is 0 Å². The molecule has 4 rings (SSSR count). The van der Waals surface area contributed by atoms with Gasteiger partial charge in [0, 0.05) is 24.0 Å². The van der Waals surface area contributed by atoms with E-state index < -0.39 is 29.0 Å². The van der Waals surface area contributed by atoms with Crippen LogP contribution in [-0.4, -0.2) is 60.4 Å². The minimum Gasteiger partial charge on any atom is -0.478 e. The number of methoxy groups -OCH3 is 2. The molecule has 34 heavy (non-hydrogen) atoms. The van der Waals surface area contributed by atoms with Gasteiger partial charge < -0.3 is 19.2 Å². The number of nitrogens with one attached hydrogen (secondary N) is 2. The molecule has 0 atom stereocenters. The first-order valence-electron chi connectivity index (χ1n) is 9.79. The van der Waals surface area contributed by atoms with Crippen molar-refractivity contribution in [2.24, 2.45) is 0 Å². The lowest BCUT2D eigenvalue weighted by Crippen LogP contribution is -2.16. The number of hydrogen-bond donors (Lipinski definition) is 2. The van der Waals surface area contributed by atoms with E-state index in [0.29, 0.717) is 16.6 Å². The summed E-state index contributed by atoms with van der Waals surface area (Å²) in [6, 6.07) is 5.21. The van der Waals surface area contributed by atoms with E-state index in [-0.39, 0.29) is 22.4 Å². The zero-order valence-electron chi connectivity index (χ0n) is 18.2. The summed E-state index contributed by atoms with van der Waals surface area (Å²) in [5.74, 6) is -1.23. The minimum atomic E-state index is -4.19. The average molecular weight is 494 g/mol. The summed E-state index contributed by atoms with van der Waals surface area (Å²) in [6.45, 7) is 0.933. The van der Waals surface area contributed by atoms with E-state index in [1.54, 1.807) is 35.3 Å². The Bertz CT molecular complexity index is 1400. The summed E-state index contributed by atoms with van der Waals surface area (Å²) in [5, 5.41) is 4.65. The van der Waals surface area contributed by atoms with Crippen molar-refractivity contribution in [3.05, 3.63) is 42.4 Å². The summed E-state index contributed by atoms with van der Waals surface area (Å²) < 4.78 is 70.6. The Morgan fingerprint density at radius 1 is 1.18 bits per heavy atom. The third-order valence-corrected chi connectivity index (χ3v) is 6.15. The lowest BCUT2D eigenvalue weighted by molar-refractivity contribution is 0.0781. The molecule has 0 saturated heterocycles. The lowest BCUT2D eigenvalue weighted by atomic mass is 10.1. The van der Waals surface area contributed by atoms with Gasteiger partial charge in [-0.3, -0.25) is 0 Å². The number of hydrogen-bond acceptors (Lipinski definition) is 8. The van der Waals surface area contributed by atoms with Crippen molar-refractivity contribution in [3.63, 3.8) is 0 Å². The zero-order chi connectivity index (χ0) is 24.5. The van der Waals surface area contributed by atoms with Gasteiger partial charge in [-0.05, 0) is 18.6 Å². The molecule has 2 N–H and O–H groups in total. The number of aromatic amines is 1. The molecule has 3 aromatic heterocycles. The molecule has 0 radical (unpaired) electrons. The van der Waals surface area contributed by atoms with Gasteiger partial charge in [0.25, 0.3) is 28.2 Å². The van der Waals surface area contributed by atoms with Crippen molar-refractivity contribution in [2.45, 2.75) is 18.2 Å². The zero-order valence-corrected chi connectivity index (χ0v) is 19.1. The molecular formula is C20H20F2N6O5S. The predicted molar refractivity (Wildman–Crippen MR) is 118 cm³/mol. The highest BCUT2D eigenvalue weighted by atomic mass is 32.2. The van der Waals surface area contributed by atoms with Gasteiger partial charge in [0.1, 0.15) is 11.5 Å². The number of aryl methyl sites for hydroxylation is 1. The maximum Gasteiger partial charge on any atom is 0.272 e. The number of aromatic nitrogens is 5. The molecule has 0 unspecified atom stereocenters. The molecule has 1 aromatic carbocycles. The highest BCUT2D eigenvalue weighted by Gasteiger charge is 2.25. The van der Waals surface area contributed by atoms with Crippen LogP contribution in [0.4, 0.5) is 14.7 Å². The maximum absolute atomic E-state index is 13.2. The third-order valence-electron chi connectivity index (χ3n) is 4.79. The third kappa shape index (κ3) is 4.31. The molecule has 3 heterocycles. The fourth-order valence-corrected chi connectivity index (χ4v) is 4.47. The van der Waals surface area contributed by atoms with Crippen molar-refractivity contribution in [1.29, 1.82) is 0 Å². The Kier molecular flexibility index (Phi) is 6.24. The highest BCUT2D eigenvalue weighted by Crippen LogP contribution is 2.36. The maximum atomic E-state index is 13.2. The largest absolute Gasteiger partial charge is 0.478 e. The molecular weight excluding hydrogens is 474 g/mol. The molecule has 0 amide bonds. The standard InChI is InChI=1S/C20H20F2N6O5S/c1-11-5-6-12-13(9-23-15(12)16(11)28-8-4-7-24-28)34(29,30)27-20-25-18(31-2)17(19(26-20)32-3)33-10-14(21)22/h4-9,14,23H,10H2,1-3H3,(H,25,26,27). The van der Waals surface area contributed by atoms with Gasteiger partial charge in [0.05, 0.1) is 25.4 Å². The van der Waals surface area contributed by atoms with Gasteiger partial charge in [-0.1, -0.05) is 12.1 Å². The smallest absolute Gasteiger partial charge is 0.272 e. The molecule has 0 bridgehead atoms. The van der Waals surface area contributed by atoms with Crippen LogP contribution in [0.1, 0.15) is 5.56 Å². The molecule has 180 valence electrons. The second kappa shape index (κ2) is 9.13. The van der Waals surface area contributed by atoms with Crippen LogP contribution in [0, 0.1) is 6.92 Å². The highest BCUT2D eigenvalue weighted by molar-refractivity contribution is 7.93. The number of ether oxygens (including phenoxy) is 3. The van der Waals surface area contributed by atoms with Crippen LogP contribution in [0.2, 0.25) is 0 Å². The van der Waals surface area contributed by atoms with E-state index in [9.17, 15) is 17.2 Å². The summed E-state index contributed by atoms with van der Waals surface area (Å²) in [5.41, 5.74) is 2.15. The van der Waals surface area contributed by atoms with Crippen LogP contribution in [0.25, 0.3) is 16.6 Å². The Balaban J connectivity index is 1.73. The van der Waals surface area contributed by atoms with Crippen LogP contribution in [-0.2, 0) is 10.0 Å². The molecule has 0 aliphatic carbocycles.